The van der Waals surface area contributed by atoms with Crippen LogP contribution in [-0.2, 0) is 0 Å². The minimum atomic E-state index is -0.355. The van der Waals surface area contributed by atoms with Crippen molar-refractivity contribution in [2.45, 2.75) is 0 Å². The van der Waals surface area contributed by atoms with Crippen molar-refractivity contribution in [3.63, 3.8) is 0 Å². The molecule has 3 aromatic rings. The van der Waals surface area contributed by atoms with Crippen LogP contribution in [0.3, 0.4) is 0 Å². The van der Waals surface area contributed by atoms with E-state index < -0.39 is 0 Å². The summed E-state index contributed by atoms with van der Waals surface area (Å²) in [6, 6.07) is 9.45. The average Bonchev–Trinajstić information content (AvgIpc) is 2.68. The predicted molar refractivity (Wildman–Crippen MR) is 75.5 cm³/mol. The van der Waals surface area contributed by atoms with E-state index in [1.165, 1.54) is 12.1 Å². The number of halogens is 3. The molecular weight excluding hydrogens is 288 g/mol. The van der Waals surface area contributed by atoms with Crippen LogP contribution in [0.15, 0.2) is 36.4 Å². The molecule has 0 aliphatic rings. The van der Waals surface area contributed by atoms with Crippen LogP contribution in [0.5, 0.6) is 0 Å². The molecule has 0 bridgehead atoms. The van der Waals surface area contributed by atoms with Crippen molar-refractivity contribution in [2.75, 3.05) is 5.73 Å². The topological polar surface area (TPSA) is 43.8 Å². The number of anilines is 1. The van der Waals surface area contributed by atoms with Crippen molar-refractivity contribution in [1.82, 2.24) is 9.55 Å². The van der Waals surface area contributed by atoms with E-state index in [1.807, 2.05) is 0 Å². The lowest BCUT2D eigenvalue weighted by molar-refractivity contribution is 0.629. The van der Waals surface area contributed by atoms with Gasteiger partial charge in [0.1, 0.15) is 5.82 Å². The molecule has 2 aromatic carbocycles. The third kappa shape index (κ3) is 2.03. The summed E-state index contributed by atoms with van der Waals surface area (Å²) in [7, 11) is 0. The van der Waals surface area contributed by atoms with Gasteiger partial charge in [0.25, 0.3) is 0 Å². The molecule has 19 heavy (non-hydrogen) atoms. The van der Waals surface area contributed by atoms with Gasteiger partial charge in [0, 0.05) is 6.07 Å². The summed E-state index contributed by atoms with van der Waals surface area (Å²) >= 11 is 11.9. The van der Waals surface area contributed by atoms with Crippen molar-refractivity contribution in [3.8, 4) is 5.69 Å². The molecule has 0 unspecified atom stereocenters. The first-order valence-electron chi connectivity index (χ1n) is 5.45. The molecule has 6 heteroatoms. The van der Waals surface area contributed by atoms with Crippen LogP contribution >= 0.6 is 23.2 Å². The Labute approximate surface area is 118 Å². The van der Waals surface area contributed by atoms with Gasteiger partial charge in [0.15, 0.2) is 0 Å². The molecule has 0 aliphatic carbocycles. The summed E-state index contributed by atoms with van der Waals surface area (Å²) in [6.07, 6.45) is 0. The first-order chi connectivity index (χ1) is 9.06. The molecule has 0 saturated carbocycles. The fourth-order valence-electron chi connectivity index (χ4n) is 1.97. The van der Waals surface area contributed by atoms with Crippen LogP contribution in [0, 0.1) is 5.82 Å². The van der Waals surface area contributed by atoms with Gasteiger partial charge in [0.2, 0.25) is 5.95 Å². The van der Waals surface area contributed by atoms with Crippen LogP contribution in [0.2, 0.25) is 10.0 Å². The minimum Gasteiger partial charge on any atom is -0.369 e. The van der Waals surface area contributed by atoms with Gasteiger partial charge in [-0.05, 0) is 30.3 Å². The molecule has 96 valence electrons. The average molecular weight is 296 g/mol. The maximum Gasteiger partial charge on any atom is 0.205 e. The lowest BCUT2D eigenvalue weighted by atomic mass is 10.2. The van der Waals surface area contributed by atoms with Crippen molar-refractivity contribution in [1.29, 1.82) is 0 Å². The number of nitrogen functional groups attached to an aromatic ring is 1. The smallest absolute Gasteiger partial charge is 0.205 e. The number of imidazole rings is 1. The fourth-order valence-corrected chi connectivity index (χ4v) is 2.26. The maximum atomic E-state index is 13.2. The summed E-state index contributed by atoms with van der Waals surface area (Å²) in [6.45, 7) is 0. The Morgan fingerprint density at radius 2 is 1.84 bits per heavy atom. The second-order valence-corrected chi connectivity index (χ2v) is 4.85. The van der Waals surface area contributed by atoms with Gasteiger partial charge in [-0.15, -0.1) is 0 Å². The summed E-state index contributed by atoms with van der Waals surface area (Å²) in [4.78, 5) is 4.13. The largest absolute Gasteiger partial charge is 0.369 e. The zero-order valence-corrected chi connectivity index (χ0v) is 11.1. The minimum absolute atomic E-state index is 0.263. The maximum absolute atomic E-state index is 13.2. The number of fused-ring (bicyclic) bond motifs is 1. The zero-order valence-electron chi connectivity index (χ0n) is 9.57. The number of nitrogens with zero attached hydrogens (tertiary/aromatic N) is 2. The monoisotopic (exact) mass is 295 g/mol. The van der Waals surface area contributed by atoms with Gasteiger partial charge >= 0.3 is 0 Å². The molecule has 3 nitrogen and oxygen atoms in total. The second-order valence-electron chi connectivity index (χ2n) is 4.04. The SMILES string of the molecule is Nc1nc2cc(F)ccc2n1-c1ccc(Cl)c(Cl)c1. The molecule has 2 N–H and O–H groups in total. The molecule has 0 radical (unpaired) electrons. The number of aromatic nitrogens is 2. The highest BCUT2D eigenvalue weighted by molar-refractivity contribution is 6.42. The molecule has 1 aromatic heterocycles. The Kier molecular flexibility index (Phi) is 2.84. The fraction of sp³-hybridized carbons (Fsp3) is 0. The lowest BCUT2D eigenvalue weighted by Gasteiger charge is -2.07. The first kappa shape index (κ1) is 12.3. The van der Waals surface area contributed by atoms with E-state index in [0.717, 1.165) is 5.69 Å². The van der Waals surface area contributed by atoms with Crippen molar-refractivity contribution in [3.05, 3.63) is 52.3 Å². The molecule has 0 atom stereocenters. The molecule has 1 heterocycles. The highest BCUT2D eigenvalue weighted by atomic mass is 35.5. The van der Waals surface area contributed by atoms with Crippen molar-refractivity contribution in [2.24, 2.45) is 0 Å². The summed E-state index contributed by atoms with van der Waals surface area (Å²) < 4.78 is 14.9. The van der Waals surface area contributed by atoms with E-state index in [0.29, 0.717) is 21.1 Å². The van der Waals surface area contributed by atoms with Crippen molar-refractivity contribution >= 4 is 40.2 Å². The Hall–Kier alpha value is -1.78. The Morgan fingerprint density at radius 3 is 2.58 bits per heavy atom. The molecular formula is C13H8Cl2FN3. The van der Waals surface area contributed by atoms with Gasteiger partial charge in [-0.3, -0.25) is 4.57 Å². The van der Waals surface area contributed by atoms with Crippen LogP contribution < -0.4 is 5.73 Å². The van der Waals surface area contributed by atoms with Gasteiger partial charge in [-0.1, -0.05) is 23.2 Å². The van der Waals surface area contributed by atoms with Crippen LogP contribution in [0.1, 0.15) is 0 Å². The van der Waals surface area contributed by atoms with E-state index in [1.54, 1.807) is 28.8 Å². The van der Waals surface area contributed by atoms with Gasteiger partial charge in [-0.25, -0.2) is 9.37 Å². The second kappa shape index (κ2) is 4.40. The number of hydrogen-bond donors (Lipinski definition) is 1. The molecule has 0 amide bonds. The number of rotatable bonds is 1. The van der Waals surface area contributed by atoms with E-state index in [4.69, 9.17) is 28.9 Å². The number of nitrogens with two attached hydrogens (primary N) is 1. The Balaban J connectivity index is 2.29. The normalized spacial score (nSPS) is 11.1. The van der Waals surface area contributed by atoms with Crippen molar-refractivity contribution < 1.29 is 4.39 Å². The lowest BCUT2D eigenvalue weighted by Crippen LogP contribution is -2.00. The Morgan fingerprint density at radius 1 is 1.05 bits per heavy atom. The molecule has 0 fully saturated rings. The van der Waals surface area contributed by atoms with E-state index >= 15 is 0 Å². The van der Waals surface area contributed by atoms with Crippen LogP contribution in [0.25, 0.3) is 16.7 Å². The van der Waals surface area contributed by atoms with Gasteiger partial charge in [0.05, 0.1) is 26.8 Å². The number of benzene rings is 2. The highest BCUT2D eigenvalue weighted by Crippen LogP contribution is 2.28. The van der Waals surface area contributed by atoms with Gasteiger partial charge < -0.3 is 5.73 Å². The third-order valence-corrected chi connectivity index (χ3v) is 3.54. The highest BCUT2D eigenvalue weighted by Gasteiger charge is 2.11. The molecule has 3 rings (SSSR count). The summed E-state index contributed by atoms with van der Waals surface area (Å²) in [5, 5.41) is 0.877. The van der Waals surface area contributed by atoms with Crippen LogP contribution in [0.4, 0.5) is 10.3 Å². The van der Waals surface area contributed by atoms with Gasteiger partial charge in [-0.2, -0.15) is 0 Å². The summed E-state index contributed by atoms with van der Waals surface area (Å²) in [5.41, 5.74) is 7.80. The van der Waals surface area contributed by atoms with E-state index in [2.05, 4.69) is 4.98 Å². The van der Waals surface area contributed by atoms with E-state index in [-0.39, 0.29) is 11.8 Å². The molecule has 0 spiro atoms. The number of hydrogen-bond acceptors (Lipinski definition) is 2. The zero-order chi connectivity index (χ0) is 13.6. The van der Waals surface area contributed by atoms with Crippen LogP contribution in [-0.4, -0.2) is 9.55 Å². The third-order valence-electron chi connectivity index (χ3n) is 2.80. The summed E-state index contributed by atoms with van der Waals surface area (Å²) in [5.74, 6) is -0.0923. The molecule has 0 saturated heterocycles. The first-order valence-corrected chi connectivity index (χ1v) is 6.21. The van der Waals surface area contributed by atoms with E-state index in [9.17, 15) is 4.39 Å². The predicted octanol–water partition coefficient (Wildman–Crippen LogP) is 4.05. The Bertz CT molecular complexity index is 783. The quantitative estimate of drug-likeness (QED) is 0.736. The standard InChI is InChI=1S/C13H8Cl2FN3/c14-9-3-2-8(6-10(9)15)19-12-4-1-7(16)5-11(12)18-13(19)17/h1-6H,(H2,17,18). The molecule has 0 aliphatic heterocycles.